The summed E-state index contributed by atoms with van der Waals surface area (Å²) in [4.78, 5) is 26.6. The van der Waals surface area contributed by atoms with Crippen molar-refractivity contribution in [2.45, 2.75) is 32.5 Å². The SMILES string of the molecule is CC[C@H](NC(=O)c1nnc2cnc(C(F)(F)F)cn12)C(C)=O. The molecule has 0 unspecified atom stereocenters. The largest absolute Gasteiger partial charge is 0.434 e. The van der Waals surface area contributed by atoms with Crippen molar-refractivity contribution in [3.8, 4) is 0 Å². The summed E-state index contributed by atoms with van der Waals surface area (Å²) in [5.74, 6) is -1.39. The Morgan fingerprint density at radius 2 is 2.05 bits per heavy atom. The molecule has 0 aliphatic carbocycles. The molecule has 1 amide bonds. The molecule has 0 aliphatic rings. The topological polar surface area (TPSA) is 89.2 Å². The first-order chi connectivity index (χ1) is 10.2. The van der Waals surface area contributed by atoms with Gasteiger partial charge in [-0.05, 0) is 13.3 Å². The Kier molecular flexibility index (Phi) is 4.11. The Morgan fingerprint density at radius 1 is 1.36 bits per heavy atom. The van der Waals surface area contributed by atoms with Gasteiger partial charge in [0, 0.05) is 6.20 Å². The number of Topliss-reactive ketones (excluding diaryl/α,β-unsaturated/α-hetero) is 1. The quantitative estimate of drug-likeness (QED) is 0.917. The highest BCUT2D eigenvalue weighted by molar-refractivity contribution is 5.95. The first kappa shape index (κ1) is 15.9. The normalized spacial score (nSPS) is 13.1. The number of hydrogen-bond donors (Lipinski definition) is 1. The van der Waals surface area contributed by atoms with Crippen LogP contribution in [0.5, 0.6) is 0 Å². The van der Waals surface area contributed by atoms with Crippen LogP contribution in [0.2, 0.25) is 0 Å². The lowest BCUT2D eigenvalue weighted by Crippen LogP contribution is -2.40. The minimum Gasteiger partial charge on any atom is -0.340 e. The maximum atomic E-state index is 12.7. The van der Waals surface area contributed by atoms with Gasteiger partial charge in [0.25, 0.3) is 5.91 Å². The first-order valence-corrected chi connectivity index (χ1v) is 6.33. The molecule has 7 nitrogen and oxygen atoms in total. The zero-order chi connectivity index (χ0) is 16.5. The van der Waals surface area contributed by atoms with Crippen molar-refractivity contribution in [3.63, 3.8) is 0 Å². The van der Waals surface area contributed by atoms with Crippen LogP contribution in [0.15, 0.2) is 12.4 Å². The molecule has 22 heavy (non-hydrogen) atoms. The van der Waals surface area contributed by atoms with Crippen LogP contribution in [-0.2, 0) is 11.0 Å². The fraction of sp³-hybridized carbons (Fsp3) is 0.417. The van der Waals surface area contributed by atoms with Gasteiger partial charge in [-0.3, -0.25) is 14.0 Å². The molecule has 0 fully saturated rings. The lowest BCUT2D eigenvalue weighted by Gasteiger charge is -2.12. The van der Waals surface area contributed by atoms with E-state index in [1.807, 2.05) is 0 Å². The van der Waals surface area contributed by atoms with E-state index in [4.69, 9.17) is 0 Å². The van der Waals surface area contributed by atoms with Gasteiger partial charge in [-0.25, -0.2) is 4.98 Å². The molecular formula is C12H12F3N5O2. The number of alkyl halides is 3. The molecule has 1 atom stereocenters. The number of rotatable bonds is 4. The minimum atomic E-state index is -4.66. The molecule has 1 N–H and O–H groups in total. The summed E-state index contributed by atoms with van der Waals surface area (Å²) in [6.45, 7) is 3.00. The molecule has 0 aliphatic heterocycles. The maximum absolute atomic E-state index is 12.7. The van der Waals surface area contributed by atoms with Crippen LogP contribution in [0.4, 0.5) is 13.2 Å². The van der Waals surface area contributed by atoms with Gasteiger partial charge in [0.2, 0.25) is 5.82 Å². The third kappa shape index (κ3) is 3.05. The van der Waals surface area contributed by atoms with E-state index in [0.29, 0.717) is 12.6 Å². The van der Waals surface area contributed by atoms with Crippen LogP contribution in [-0.4, -0.2) is 37.3 Å². The Hall–Kier alpha value is -2.52. The van der Waals surface area contributed by atoms with Crippen molar-refractivity contribution in [1.82, 2.24) is 24.9 Å². The summed E-state index contributed by atoms with van der Waals surface area (Å²) < 4.78 is 38.9. The van der Waals surface area contributed by atoms with E-state index < -0.39 is 23.8 Å². The van der Waals surface area contributed by atoms with Gasteiger partial charge < -0.3 is 5.32 Å². The number of nitrogens with one attached hydrogen (secondary N) is 1. The summed E-state index contributed by atoms with van der Waals surface area (Å²) in [5.41, 5.74) is -1.18. The highest BCUT2D eigenvalue weighted by Crippen LogP contribution is 2.27. The zero-order valence-electron chi connectivity index (χ0n) is 11.7. The van der Waals surface area contributed by atoms with Gasteiger partial charge in [-0.2, -0.15) is 13.2 Å². The molecule has 10 heteroatoms. The lowest BCUT2D eigenvalue weighted by molar-refractivity contribution is -0.141. The average Bonchev–Trinajstić information content (AvgIpc) is 2.86. The molecule has 0 saturated heterocycles. The molecule has 118 valence electrons. The summed E-state index contributed by atoms with van der Waals surface area (Å²) in [5, 5.41) is 9.53. The van der Waals surface area contributed by atoms with Gasteiger partial charge in [-0.1, -0.05) is 6.92 Å². The van der Waals surface area contributed by atoms with E-state index in [1.54, 1.807) is 6.92 Å². The highest BCUT2D eigenvalue weighted by Gasteiger charge is 2.33. The minimum absolute atomic E-state index is 0.00553. The number of ketones is 1. The molecule has 0 bridgehead atoms. The fourth-order valence-corrected chi connectivity index (χ4v) is 1.82. The maximum Gasteiger partial charge on any atom is 0.434 e. The highest BCUT2D eigenvalue weighted by atomic mass is 19.4. The van der Waals surface area contributed by atoms with Crippen molar-refractivity contribution in [1.29, 1.82) is 0 Å². The summed E-state index contributed by atoms with van der Waals surface area (Å²) in [7, 11) is 0. The number of fused-ring (bicyclic) bond motifs is 1. The van der Waals surface area contributed by atoms with Crippen molar-refractivity contribution in [2.24, 2.45) is 0 Å². The standard InChI is InChI=1S/C12H12F3N5O2/c1-3-7(6(2)21)17-11(22)10-19-18-9-4-16-8(5-20(9)10)12(13,14)15/h4-5,7H,3H2,1-2H3,(H,17,22)/t7-/m0/s1. The van der Waals surface area contributed by atoms with E-state index >= 15 is 0 Å². The molecule has 0 spiro atoms. The van der Waals surface area contributed by atoms with E-state index in [-0.39, 0.29) is 17.3 Å². The molecule has 2 heterocycles. The Bertz CT molecular complexity index is 725. The lowest BCUT2D eigenvalue weighted by atomic mass is 10.1. The molecule has 0 radical (unpaired) electrons. The molecule has 2 aromatic rings. The monoisotopic (exact) mass is 315 g/mol. The summed E-state index contributed by atoms with van der Waals surface area (Å²) in [6.07, 6.45) is -2.79. The van der Waals surface area contributed by atoms with Crippen molar-refractivity contribution in [2.75, 3.05) is 0 Å². The second kappa shape index (κ2) is 5.70. The van der Waals surface area contributed by atoms with Gasteiger partial charge >= 0.3 is 6.18 Å². The van der Waals surface area contributed by atoms with E-state index in [0.717, 1.165) is 10.6 Å². The third-order valence-corrected chi connectivity index (χ3v) is 2.99. The van der Waals surface area contributed by atoms with E-state index in [1.165, 1.54) is 6.92 Å². The van der Waals surface area contributed by atoms with Gasteiger partial charge in [0.15, 0.2) is 17.1 Å². The van der Waals surface area contributed by atoms with Gasteiger partial charge in [0.1, 0.15) is 0 Å². The predicted octanol–water partition coefficient (Wildman–Crippen LogP) is 1.24. The van der Waals surface area contributed by atoms with Crippen molar-refractivity contribution in [3.05, 3.63) is 23.9 Å². The van der Waals surface area contributed by atoms with Gasteiger partial charge in [0.05, 0.1) is 12.2 Å². The Labute approximate surface area is 122 Å². The van der Waals surface area contributed by atoms with Crippen LogP contribution < -0.4 is 5.32 Å². The number of carbonyl (C=O) groups is 2. The van der Waals surface area contributed by atoms with Crippen LogP contribution in [0, 0.1) is 0 Å². The Morgan fingerprint density at radius 3 is 2.59 bits per heavy atom. The fourth-order valence-electron chi connectivity index (χ4n) is 1.82. The van der Waals surface area contributed by atoms with Crippen LogP contribution in [0.1, 0.15) is 36.6 Å². The van der Waals surface area contributed by atoms with E-state index in [9.17, 15) is 22.8 Å². The molecule has 0 aromatic carbocycles. The average molecular weight is 315 g/mol. The summed E-state index contributed by atoms with van der Waals surface area (Å²) >= 11 is 0. The first-order valence-electron chi connectivity index (χ1n) is 6.33. The van der Waals surface area contributed by atoms with Crippen molar-refractivity contribution < 1.29 is 22.8 Å². The molecule has 2 rings (SSSR count). The predicted molar refractivity (Wildman–Crippen MR) is 68.0 cm³/mol. The number of aromatic nitrogens is 4. The molecular weight excluding hydrogens is 303 g/mol. The summed E-state index contributed by atoms with van der Waals surface area (Å²) in [6, 6.07) is -0.733. The van der Waals surface area contributed by atoms with Crippen LogP contribution in [0.25, 0.3) is 5.65 Å². The number of amides is 1. The number of hydrogen-bond acceptors (Lipinski definition) is 5. The number of nitrogens with zero attached hydrogens (tertiary/aromatic N) is 4. The molecule has 2 aromatic heterocycles. The van der Waals surface area contributed by atoms with E-state index in [2.05, 4.69) is 20.5 Å². The second-order valence-electron chi connectivity index (χ2n) is 4.57. The zero-order valence-corrected chi connectivity index (χ0v) is 11.7. The number of halogens is 3. The third-order valence-electron chi connectivity index (χ3n) is 2.99. The van der Waals surface area contributed by atoms with Crippen molar-refractivity contribution >= 4 is 17.3 Å². The van der Waals surface area contributed by atoms with Crippen LogP contribution in [0.3, 0.4) is 0 Å². The number of carbonyl (C=O) groups excluding carboxylic acids is 2. The smallest absolute Gasteiger partial charge is 0.340 e. The van der Waals surface area contributed by atoms with Gasteiger partial charge in [-0.15, -0.1) is 10.2 Å². The second-order valence-corrected chi connectivity index (χ2v) is 4.57. The molecule has 0 saturated carbocycles. The Balaban J connectivity index is 2.39. The van der Waals surface area contributed by atoms with Crippen LogP contribution >= 0.6 is 0 Å².